The number of nitrogens with one attached hydrogen (secondary N) is 2. The fourth-order valence-corrected chi connectivity index (χ4v) is 2.09. The van der Waals surface area contributed by atoms with Crippen LogP contribution in [0.1, 0.15) is 45.1 Å². The maximum atomic E-state index is 12.1. The van der Waals surface area contributed by atoms with E-state index in [9.17, 15) is 4.79 Å². The molecular formula is C19H25N3O2. The van der Waals surface area contributed by atoms with Gasteiger partial charge >= 0.3 is 0 Å². The van der Waals surface area contributed by atoms with Gasteiger partial charge in [0.2, 0.25) is 0 Å². The number of amides is 1. The molecule has 1 aromatic carbocycles. The van der Waals surface area contributed by atoms with Crippen LogP contribution in [0.25, 0.3) is 0 Å². The molecular weight excluding hydrogens is 302 g/mol. The summed E-state index contributed by atoms with van der Waals surface area (Å²) in [5.41, 5.74) is 1.76. The van der Waals surface area contributed by atoms with Crippen LogP contribution in [0, 0.1) is 0 Å². The smallest absolute Gasteiger partial charge is 0.270 e. The van der Waals surface area contributed by atoms with Crippen LogP contribution in [0.5, 0.6) is 5.75 Å². The van der Waals surface area contributed by atoms with Crippen LogP contribution in [-0.2, 0) is 0 Å². The van der Waals surface area contributed by atoms with E-state index in [4.69, 9.17) is 4.74 Å². The molecule has 0 aliphatic heterocycles. The lowest BCUT2D eigenvalue weighted by Crippen LogP contribution is -2.40. The number of hydrogen-bond acceptors (Lipinski definition) is 4. The summed E-state index contributed by atoms with van der Waals surface area (Å²) in [6.45, 7) is 9.79. The van der Waals surface area contributed by atoms with Crippen LogP contribution in [0.4, 0.5) is 11.4 Å². The minimum absolute atomic E-state index is 0.0922. The molecule has 2 rings (SSSR count). The third kappa shape index (κ3) is 5.26. The largest absolute Gasteiger partial charge is 0.489 e. The van der Waals surface area contributed by atoms with Gasteiger partial charge in [-0.3, -0.25) is 4.79 Å². The number of rotatable bonds is 5. The van der Waals surface area contributed by atoms with E-state index in [1.54, 1.807) is 12.3 Å². The standard InChI is InChI=1S/C19H25N3O2/c1-13(2)24-17-9-7-6-8-15(17)21-14-10-11-16(20-12-14)18(23)22-19(3,4)5/h6-13,21H,1-5H3,(H,22,23). The fraction of sp³-hybridized carbons (Fsp3) is 0.368. The molecule has 0 saturated carbocycles. The van der Waals surface area contributed by atoms with Crippen molar-refractivity contribution in [1.29, 1.82) is 0 Å². The Labute approximate surface area is 143 Å². The average Bonchev–Trinajstić information content (AvgIpc) is 2.48. The highest BCUT2D eigenvalue weighted by Crippen LogP contribution is 2.28. The number of nitrogens with zero attached hydrogens (tertiary/aromatic N) is 1. The summed E-state index contributed by atoms with van der Waals surface area (Å²) >= 11 is 0. The van der Waals surface area contributed by atoms with E-state index in [1.807, 2.05) is 65.0 Å². The summed E-state index contributed by atoms with van der Waals surface area (Å²) in [6, 6.07) is 11.3. The molecule has 2 N–H and O–H groups in total. The predicted molar refractivity (Wildman–Crippen MR) is 96.9 cm³/mol. The molecule has 0 radical (unpaired) electrons. The van der Waals surface area contributed by atoms with Gasteiger partial charge in [-0.05, 0) is 58.9 Å². The fourth-order valence-electron chi connectivity index (χ4n) is 2.09. The quantitative estimate of drug-likeness (QED) is 0.866. The molecule has 24 heavy (non-hydrogen) atoms. The number of ether oxygens (including phenoxy) is 1. The van der Waals surface area contributed by atoms with Crippen LogP contribution in [0.3, 0.4) is 0 Å². The van der Waals surface area contributed by atoms with Crippen molar-refractivity contribution in [1.82, 2.24) is 10.3 Å². The lowest BCUT2D eigenvalue weighted by Gasteiger charge is -2.20. The van der Waals surface area contributed by atoms with E-state index >= 15 is 0 Å². The average molecular weight is 327 g/mol. The molecule has 128 valence electrons. The maximum Gasteiger partial charge on any atom is 0.270 e. The normalized spacial score (nSPS) is 11.2. The first kappa shape index (κ1) is 17.8. The molecule has 2 aromatic rings. The van der Waals surface area contributed by atoms with Crippen molar-refractivity contribution >= 4 is 17.3 Å². The number of pyridine rings is 1. The Hall–Kier alpha value is -2.56. The van der Waals surface area contributed by atoms with Gasteiger partial charge in [0.15, 0.2) is 0 Å². The molecule has 0 spiro atoms. The Bertz CT molecular complexity index is 689. The molecule has 0 aliphatic carbocycles. The second-order valence-corrected chi connectivity index (χ2v) is 6.92. The zero-order valence-electron chi connectivity index (χ0n) is 14.9. The van der Waals surface area contributed by atoms with Crippen molar-refractivity contribution in [2.45, 2.75) is 46.3 Å². The topological polar surface area (TPSA) is 63.2 Å². The van der Waals surface area contributed by atoms with Crippen LogP contribution in [0.15, 0.2) is 42.6 Å². The van der Waals surface area contributed by atoms with Gasteiger partial charge in [0.05, 0.1) is 23.7 Å². The second kappa shape index (κ2) is 7.34. The number of aromatic nitrogens is 1. The molecule has 0 bridgehead atoms. The van der Waals surface area contributed by atoms with Crippen molar-refractivity contribution < 1.29 is 9.53 Å². The Morgan fingerprint density at radius 3 is 2.42 bits per heavy atom. The minimum atomic E-state index is -0.289. The van der Waals surface area contributed by atoms with E-state index in [1.165, 1.54) is 0 Å². The monoisotopic (exact) mass is 327 g/mol. The number of carbonyl (C=O) groups excluding carboxylic acids is 1. The van der Waals surface area contributed by atoms with E-state index < -0.39 is 0 Å². The molecule has 0 fully saturated rings. The van der Waals surface area contributed by atoms with Crippen molar-refractivity contribution in [3.8, 4) is 5.75 Å². The first-order valence-corrected chi connectivity index (χ1v) is 8.06. The van der Waals surface area contributed by atoms with Gasteiger partial charge in [0, 0.05) is 5.54 Å². The lowest BCUT2D eigenvalue weighted by molar-refractivity contribution is 0.0914. The third-order valence-corrected chi connectivity index (χ3v) is 3.01. The molecule has 1 aromatic heterocycles. The van der Waals surface area contributed by atoms with Crippen LogP contribution >= 0.6 is 0 Å². The summed E-state index contributed by atoms with van der Waals surface area (Å²) in [6.07, 6.45) is 1.73. The van der Waals surface area contributed by atoms with E-state index in [-0.39, 0.29) is 17.6 Å². The zero-order chi connectivity index (χ0) is 17.7. The summed E-state index contributed by atoms with van der Waals surface area (Å²) < 4.78 is 5.79. The molecule has 0 aliphatic rings. The summed E-state index contributed by atoms with van der Waals surface area (Å²) in [5.74, 6) is 0.597. The van der Waals surface area contributed by atoms with Crippen molar-refractivity contribution in [2.75, 3.05) is 5.32 Å². The third-order valence-electron chi connectivity index (χ3n) is 3.01. The highest BCUT2D eigenvalue weighted by Gasteiger charge is 2.16. The van der Waals surface area contributed by atoms with Crippen molar-refractivity contribution in [2.24, 2.45) is 0 Å². The predicted octanol–water partition coefficient (Wildman–Crippen LogP) is 4.14. The summed E-state index contributed by atoms with van der Waals surface area (Å²) in [5, 5.41) is 6.17. The Kier molecular flexibility index (Phi) is 5.44. The zero-order valence-corrected chi connectivity index (χ0v) is 14.9. The van der Waals surface area contributed by atoms with Gasteiger partial charge < -0.3 is 15.4 Å². The van der Waals surface area contributed by atoms with Gasteiger partial charge in [0.1, 0.15) is 11.4 Å². The van der Waals surface area contributed by atoms with Gasteiger partial charge in [0.25, 0.3) is 5.91 Å². The van der Waals surface area contributed by atoms with E-state index in [0.29, 0.717) is 5.69 Å². The van der Waals surface area contributed by atoms with Gasteiger partial charge in [-0.25, -0.2) is 4.98 Å². The molecule has 5 heteroatoms. The highest BCUT2D eigenvalue weighted by atomic mass is 16.5. The number of anilines is 2. The van der Waals surface area contributed by atoms with Gasteiger partial charge in [-0.2, -0.15) is 0 Å². The maximum absolute atomic E-state index is 12.1. The van der Waals surface area contributed by atoms with Gasteiger partial charge in [-0.15, -0.1) is 0 Å². The number of carbonyl (C=O) groups is 1. The van der Waals surface area contributed by atoms with E-state index in [0.717, 1.165) is 17.1 Å². The van der Waals surface area contributed by atoms with Crippen molar-refractivity contribution in [3.05, 3.63) is 48.3 Å². The molecule has 0 atom stereocenters. The Balaban J connectivity index is 2.11. The Morgan fingerprint density at radius 1 is 1.12 bits per heavy atom. The number of para-hydroxylation sites is 2. The summed E-state index contributed by atoms with van der Waals surface area (Å²) in [7, 11) is 0. The van der Waals surface area contributed by atoms with Crippen molar-refractivity contribution in [3.63, 3.8) is 0 Å². The highest BCUT2D eigenvalue weighted by molar-refractivity contribution is 5.93. The minimum Gasteiger partial charge on any atom is -0.489 e. The van der Waals surface area contributed by atoms with Crippen LogP contribution in [-0.4, -0.2) is 22.5 Å². The molecule has 1 amide bonds. The first-order chi connectivity index (χ1) is 11.2. The molecule has 5 nitrogen and oxygen atoms in total. The number of hydrogen-bond donors (Lipinski definition) is 2. The molecule has 0 unspecified atom stereocenters. The SMILES string of the molecule is CC(C)Oc1ccccc1Nc1ccc(C(=O)NC(C)(C)C)nc1. The van der Waals surface area contributed by atoms with Crippen LogP contribution < -0.4 is 15.4 Å². The Morgan fingerprint density at radius 2 is 1.83 bits per heavy atom. The molecule has 0 saturated heterocycles. The van der Waals surface area contributed by atoms with Gasteiger partial charge in [-0.1, -0.05) is 12.1 Å². The summed E-state index contributed by atoms with van der Waals surface area (Å²) in [4.78, 5) is 16.3. The lowest BCUT2D eigenvalue weighted by atomic mass is 10.1. The second-order valence-electron chi connectivity index (χ2n) is 6.92. The van der Waals surface area contributed by atoms with E-state index in [2.05, 4.69) is 15.6 Å². The molecule has 1 heterocycles. The first-order valence-electron chi connectivity index (χ1n) is 8.06. The van der Waals surface area contributed by atoms with Crippen LogP contribution in [0.2, 0.25) is 0 Å². The number of benzene rings is 1.